The van der Waals surface area contributed by atoms with Crippen molar-refractivity contribution in [1.29, 1.82) is 0 Å². The van der Waals surface area contributed by atoms with E-state index in [1.807, 2.05) is 48.3 Å². The van der Waals surface area contributed by atoms with Crippen LogP contribution in [0.2, 0.25) is 0 Å². The molecule has 28 heavy (non-hydrogen) atoms. The van der Waals surface area contributed by atoms with E-state index in [0.29, 0.717) is 26.1 Å². The quantitative estimate of drug-likeness (QED) is 0.604. The summed E-state index contributed by atoms with van der Waals surface area (Å²) >= 11 is 0. The summed E-state index contributed by atoms with van der Waals surface area (Å²) in [6.45, 7) is 3.20. The van der Waals surface area contributed by atoms with Crippen LogP contribution in [0.1, 0.15) is 29.2 Å². The number of aliphatic hydroxyl groups is 1. The lowest BCUT2D eigenvalue weighted by Crippen LogP contribution is -2.27. The van der Waals surface area contributed by atoms with Gasteiger partial charge in [-0.15, -0.1) is 0 Å². The zero-order valence-corrected chi connectivity index (χ0v) is 16.7. The maximum absolute atomic E-state index is 11.9. The van der Waals surface area contributed by atoms with Gasteiger partial charge < -0.3 is 14.7 Å². The van der Waals surface area contributed by atoms with Gasteiger partial charge in [-0.3, -0.25) is 9.59 Å². The lowest BCUT2D eigenvalue weighted by Gasteiger charge is -2.14. The number of nitrogens with zero attached hydrogens (tertiary/aromatic N) is 1. The molecule has 150 valence electrons. The zero-order chi connectivity index (χ0) is 20.4. The molecule has 1 N–H and O–H groups in total. The molecule has 0 aliphatic rings. The second-order valence-electron chi connectivity index (χ2n) is 7.11. The first-order valence-corrected chi connectivity index (χ1v) is 9.56. The highest BCUT2D eigenvalue weighted by atomic mass is 16.5. The molecule has 0 bridgehead atoms. The molecule has 0 aromatic heterocycles. The molecule has 0 atom stereocenters. The Morgan fingerprint density at radius 1 is 0.857 bits per heavy atom. The maximum atomic E-state index is 11.9. The van der Waals surface area contributed by atoms with E-state index in [2.05, 4.69) is 12.1 Å². The van der Waals surface area contributed by atoms with Crippen molar-refractivity contribution >= 4 is 11.8 Å². The molecule has 5 heteroatoms. The highest BCUT2D eigenvalue weighted by molar-refractivity contribution is 5.78. The van der Waals surface area contributed by atoms with Crippen LogP contribution in [0, 0.1) is 0 Å². The van der Waals surface area contributed by atoms with Crippen LogP contribution in [-0.2, 0) is 33.6 Å². The Kier molecular flexibility index (Phi) is 8.85. The second kappa shape index (κ2) is 11.4. The summed E-state index contributed by atoms with van der Waals surface area (Å²) in [5, 5.41) is 8.84. The molecule has 0 saturated heterocycles. The minimum absolute atomic E-state index is 0.0966. The summed E-state index contributed by atoms with van der Waals surface area (Å²) in [5.74, 6) is -0.0785. The van der Waals surface area contributed by atoms with Crippen molar-refractivity contribution in [2.24, 2.45) is 0 Å². The number of aliphatic hydroxyl groups excluding tert-OH is 1. The number of carbonyl (C=O) groups excluding carboxylic acids is 2. The fourth-order valence-electron chi connectivity index (χ4n) is 2.89. The minimum atomic E-state index is -0.244. The van der Waals surface area contributed by atoms with Crippen molar-refractivity contribution in [3.8, 4) is 0 Å². The Hall–Kier alpha value is -2.50. The van der Waals surface area contributed by atoms with Gasteiger partial charge in [0, 0.05) is 19.5 Å². The molecule has 2 aromatic rings. The third-order valence-electron chi connectivity index (χ3n) is 4.47. The van der Waals surface area contributed by atoms with Gasteiger partial charge in [-0.05, 0) is 42.6 Å². The number of likely N-dealkylation sites (N-methyl/N-ethyl adjacent to an activating group) is 1. The van der Waals surface area contributed by atoms with Crippen LogP contribution in [0.15, 0.2) is 48.5 Å². The number of hydrogen-bond acceptors (Lipinski definition) is 5. The van der Waals surface area contributed by atoms with Crippen LogP contribution in [0.4, 0.5) is 0 Å². The topological polar surface area (TPSA) is 66.8 Å². The van der Waals surface area contributed by atoms with Crippen LogP contribution in [0.25, 0.3) is 0 Å². The van der Waals surface area contributed by atoms with E-state index in [4.69, 9.17) is 9.84 Å². The van der Waals surface area contributed by atoms with Crippen molar-refractivity contribution in [3.05, 3.63) is 70.8 Å². The van der Waals surface area contributed by atoms with E-state index < -0.39 is 0 Å². The standard InChI is InChI=1S/C23H29NO4/c1-18(26)15-19-3-5-20(6-4-19)16-21-7-9-22(10-8-21)17-23(27)28-14-12-24(2)11-13-25/h3-10,25H,11-17H2,1-2H3. The first-order chi connectivity index (χ1) is 13.5. The molecule has 2 rings (SSSR count). The maximum Gasteiger partial charge on any atom is 0.310 e. The molecule has 0 heterocycles. The van der Waals surface area contributed by atoms with Gasteiger partial charge in [0.15, 0.2) is 0 Å². The largest absolute Gasteiger partial charge is 0.464 e. The highest BCUT2D eigenvalue weighted by Gasteiger charge is 2.06. The molecule has 0 fully saturated rings. The van der Waals surface area contributed by atoms with Crippen molar-refractivity contribution in [2.75, 3.05) is 33.4 Å². The molecule has 5 nitrogen and oxygen atoms in total. The molecule has 0 unspecified atom stereocenters. The first-order valence-electron chi connectivity index (χ1n) is 9.56. The first kappa shape index (κ1) is 21.8. The summed E-state index contributed by atoms with van der Waals surface area (Å²) in [6, 6.07) is 16.1. The monoisotopic (exact) mass is 383 g/mol. The SMILES string of the molecule is CC(=O)Cc1ccc(Cc2ccc(CC(=O)OCCN(C)CCO)cc2)cc1. The van der Waals surface area contributed by atoms with Crippen molar-refractivity contribution in [3.63, 3.8) is 0 Å². The van der Waals surface area contributed by atoms with Crippen LogP contribution in [0.5, 0.6) is 0 Å². The smallest absolute Gasteiger partial charge is 0.310 e. The number of ketones is 1. The molecular weight excluding hydrogens is 354 g/mol. The molecule has 0 radical (unpaired) electrons. The van der Waals surface area contributed by atoms with E-state index in [-0.39, 0.29) is 24.8 Å². The summed E-state index contributed by atoms with van der Waals surface area (Å²) < 4.78 is 5.24. The lowest BCUT2D eigenvalue weighted by molar-refractivity contribution is -0.143. The summed E-state index contributed by atoms with van der Waals surface area (Å²) in [5.41, 5.74) is 4.32. The molecule has 0 spiro atoms. The van der Waals surface area contributed by atoms with Crippen LogP contribution >= 0.6 is 0 Å². The Bertz CT molecular complexity index is 753. The van der Waals surface area contributed by atoms with Gasteiger partial charge in [-0.1, -0.05) is 48.5 Å². The van der Waals surface area contributed by atoms with Crippen molar-refractivity contribution in [2.45, 2.75) is 26.2 Å². The Balaban J connectivity index is 1.79. The van der Waals surface area contributed by atoms with Crippen molar-refractivity contribution < 1.29 is 19.4 Å². The van der Waals surface area contributed by atoms with Gasteiger partial charge in [0.25, 0.3) is 0 Å². The number of rotatable bonds is 11. The number of benzene rings is 2. The fraction of sp³-hybridized carbons (Fsp3) is 0.391. The number of ether oxygens (including phenoxy) is 1. The summed E-state index contributed by atoms with van der Waals surface area (Å²) in [7, 11) is 1.87. The Morgan fingerprint density at radius 3 is 1.86 bits per heavy atom. The highest BCUT2D eigenvalue weighted by Crippen LogP contribution is 2.13. The number of Topliss-reactive ketones (excluding diaryl/α,β-unsaturated/α-hetero) is 1. The predicted octanol–water partition coefficient (Wildman–Crippen LogP) is 2.42. The zero-order valence-electron chi connectivity index (χ0n) is 16.7. The van der Waals surface area contributed by atoms with E-state index in [1.54, 1.807) is 6.92 Å². The average Bonchev–Trinajstić information content (AvgIpc) is 2.65. The third kappa shape index (κ3) is 8.03. The van der Waals surface area contributed by atoms with Gasteiger partial charge >= 0.3 is 5.97 Å². The number of esters is 1. The lowest BCUT2D eigenvalue weighted by atomic mass is 10.0. The van der Waals surface area contributed by atoms with Crippen molar-refractivity contribution in [1.82, 2.24) is 4.90 Å². The van der Waals surface area contributed by atoms with Gasteiger partial charge in [-0.25, -0.2) is 0 Å². The molecule has 0 amide bonds. The molecule has 0 aliphatic heterocycles. The number of carbonyl (C=O) groups is 2. The van der Waals surface area contributed by atoms with Gasteiger partial charge in [0.2, 0.25) is 0 Å². The molecular formula is C23H29NO4. The van der Waals surface area contributed by atoms with E-state index in [1.165, 1.54) is 11.1 Å². The van der Waals surface area contributed by atoms with Gasteiger partial charge in [0.1, 0.15) is 12.4 Å². The Labute approximate surface area is 166 Å². The van der Waals surface area contributed by atoms with Gasteiger partial charge in [0.05, 0.1) is 13.0 Å². The van der Waals surface area contributed by atoms with Crippen LogP contribution in [0.3, 0.4) is 0 Å². The molecule has 2 aromatic carbocycles. The number of hydrogen-bond donors (Lipinski definition) is 1. The average molecular weight is 383 g/mol. The summed E-state index contributed by atoms with van der Waals surface area (Å²) in [6.07, 6.45) is 1.54. The molecule has 0 saturated carbocycles. The summed E-state index contributed by atoms with van der Waals surface area (Å²) in [4.78, 5) is 25.0. The van der Waals surface area contributed by atoms with Crippen LogP contribution in [-0.4, -0.2) is 55.1 Å². The Morgan fingerprint density at radius 2 is 1.36 bits per heavy atom. The second-order valence-corrected chi connectivity index (χ2v) is 7.11. The third-order valence-corrected chi connectivity index (χ3v) is 4.47. The van der Waals surface area contributed by atoms with Crippen LogP contribution < -0.4 is 0 Å². The molecule has 0 aliphatic carbocycles. The fourth-order valence-corrected chi connectivity index (χ4v) is 2.89. The minimum Gasteiger partial charge on any atom is -0.464 e. The van der Waals surface area contributed by atoms with Gasteiger partial charge in [-0.2, -0.15) is 0 Å². The van der Waals surface area contributed by atoms with E-state index in [9.17, 15) is 9.59 Å². The van der Waals surface area contributed by atoms with E-state index >= 15 is 0 Å². The van der Waals surface area contributed by atoms with E-state index in [0.717, 1.165) is 17.5 Å². The predicted molar refractivity (Wildman–Crippen MR) is 109 cm³/mol. The normalized spacial score (nSPS) is 10.9.